The molecule has 4 rings (SSSR count). The lowest BCUT2D eigenvalue weighted by Crippen LogP contribution is -2.46. The van der Waals surface area contributed by atoms with Crippen molar-refractivity contribution in [2.45, 2.75) is 75.2 Å². The molecule has 2 aliphatic rings. The second-order valence-corrected chi connectivity index (χ2v) is 8.88. The first kappa shape index (κ1) is 20.8. The van der Waals surface area contributed by atoms with Gasteiger partial charge in [-0.2, -0.15) is 5.26 Å². The van der Waals surface area contributed by atoms with E-state index < -0.39 is 0 Å². The Morgan fingerprint density at radius 1 is 1.17 bits per heavy atom. The van der Waals surface area contributed by atoms with E-state index >= 15 is 0 Å². The molecule has 2 fully saturated rings. The molecule has 1 saturated carbocycles. The van der Waals surface area contributed by atoms with E-state index in [1.165, 1.54) is 31.4 Å². The number of methoxy groups -OCH3 is 1. The quantitative estimate of drug-likeness (QED) is 0.597. The average Bonchev–Trinajstić information content (AvgIpc) is 3.24. The maximum atomic E-state index is 9.29. The minimum absolute atomic E-state index is 0.0668. The Hall–Kier alpha value is -2.45. The molecule has 3 heterocycles. The number of ether oxygens (including phenoxy) is 2. The number of nitriles is 1. The Bertz CT molecular complexity index is 887. The highest BCUT2D eigenvalue weighted by Crippen LogP contribution is 2.50. The van der Waals surface area contributed by atoms with Gasteiger partial charge in [0.15, 0.2) is 0 Å². The van der Waals surface area contributed by atoms with E-state index in [0.717, 1.165) is 50.7 Å². The van der Waals surface area contributed by atoms with Crippen molar-refractivity contribution < 1.29 is 9.47 Å². The fourth-order valence-corrected chi connectivity index (χ4v) is 5.46. The fraction of sp³-hybridized carbons (Fsp3) is 0.560. The van der Waals surface area contributed by atoms with Crippen LogP contribution in [0.4, 0.5) is 0 Å². The van der Waals surface area contributed by atoms with Crippen molar-refractivity contribution in [1.29, 1.82) is 5.26 Å². The maximum absolute atomic E-state index is 9.29. The molecule has 0 bridgehead atoms. The van der Waals surface area contributed by atoms with Crippen molar-refractivity contribution in [2.75, 3.05) is 13.7 Å². The number of hydrogen-bond donors (Lipinski definition) is 0. The van der Waals surface area contributed by atoms with E-state index in [1.807, 2.05) is 24.5 Å². The molecule has 0 amide bonds. The monoisotopic (exact) mass is 405 g/mol. The topological polar surface area (TPSA) is 68.0 Å². The Morgan fingerprint density at radius 2 is 2.03 bits per heavy atom. The zero-order chi connectivity index (χ0) is 20.9. The van der Waals surface area contributed by atoms with Gasteiger partial charge in [0, 0.05) is 30.1 Å². The van der Waals surface area contributed by atoms with E-state index in [0.29, 0.717) is 11.4 Å². The minimum Gasteiger partial charge on any atom is -0.480 e. The molecule has 158 valence electrons. The average molecular weight is 406 g/mol. The molecule has 2 aromatic rings. The second kappa shape index (κ2) is 9.14. The summed E-state index contributed by atoms with van der Waals surface area (Å²) in [5.41, 5.74) is 3.01. The first-order valence-corrected chi connectivity index (χ1v) is 11.2. The van der Waals surface area contributed by atoms with Crippen LogP contribution in [-0.4, -0.2) is 29.3 Å². The molecule has 30 heavy (non-hydrogen) atoms. The molecule has 2 aromatic heterocycles. The van der Waals surface area contributed by atoms with E-state index in [-0.39, 0.29) is 11.0 Å². The van der Waals surface area contributed by atoms with Gasteiger partial charge in [0.25, 0.3) is 0 Å². The number of unbranched alkanes of at least 4 members (excludes halogenated alkanes) is 1. The summed E-state index contributed by atoms with van der Waals surface area (Å²) < 4.78 is 11.5. The predicted molar refractivity (Wildman–Crippen MR) is 115 cm³/mol. The Morgan fingerprint density at radius 3 is 2.77 bits per heavy atom. The van der Waals surface area contributed by atoms with Gasteiger partial charge < -0.3 is 9.47 Å². The summed E-state index contributed by atoms with van der Waals surface area (Å²) in [6, 6.07) is 10.4. The molecule has 1 atom stereocenters. The smallest absolute Gasteiger partial charge is 0.231 e. The van der Waals surface area contributed by atoms with Gasteiger partial charge in [0.05, 0.1) is 12.7 Å². The van der Waals surface area contributed by atoms with Gasteiger partial charge in [-0.3, -0.25) is 4.98 Å². The van der Waals surface area contributed by atoms with Crippen molar-refractivity contribution in [3.05, 3.63) is 53.5 Å². The molecule has 1 spiro atoms. The van der Waals surface area contributed by atoms with Crippen LogP contribution in [0.2, 0.25) is 0 Å². The molecule has 1 aliphatic carbocycles. The van der Waals surface area contributed by atoms with Crippen molar-refractivity contribution in [3.63, 3.8) is 0 Å². The summed E-state index contributed by atoms with van der Waals surface area (Å²) in [4.78, 5) is 9.07. The largest absolute Gasteiger partial charge is 0.480 e. The minimum atomic E-state index is 0.0668. The normalized spacial score (nSPS) is 22.7. The SMILES string of the molecule is COc1ncc(CCCC[C@@]2(c3ccccn3)CCOC3(CCCC3)C2)cc1C#N. The first-order chi connectivity index (χ1) is 14.7. The maximum Gasteiger partial charge on any atom is 0.231 e. The van der Waals surface area contributed by atoms with Crippen LogP contribution < -0.4 is 4.74 Å². The number of pyridine rings is 2. The Kier molecular flexibility index (Phi) is 6.34. The lowest BCUT2D eigenvalue weighted by Gasteiger charge is -2.46. The second-order valence-electron chi connectivity index (χ2n) is 8.88. The summed E-state index contributed by atoms with van der Waals surface area (Å²) in [7, 11) is 1.55. The molecule has 0 N–H and O–H groups in total. The zero-order valence-electron chi connectivity index (χ0n) is 17.9. The Balaban J connectivity index is 1.44. The number of rotatable bonds is 7. The molecule has 0 radical (unpaired) electrons. The van der Waals surface area contributed by atoms with E-state index in [9.17, 15) is 5.26 Å². The van der Waals surface area contributed by atoms with Gasteiger partial charge in [-0.05, 0) is 68.7 Å². The van der Waals surface area contributed by atoms with Gasteiger partial charge in [0.2, 0.25) is 5.88 Å². The number of aryl methyl sites for hydroxylation is 1. The molecule has 0 unspecified atom stereocenters. The summed E-state index contributed by atoms with van der Waals surface area (Å²) in [5, 5.41) is 9.29. The highest BCUT2D eigenvalue weighted by atomic mass is 16.5. The molecule has 5 heteroatoms. The molecule has 0 aromatic carbocycles. The van der Waals surface area contributed by atoms with Crippen LogP contribution in [0.5, 0.6) is 5.88 Å². The van der Waals surface area contributed by atoms with Crippen molar-refractivity contribution in [3.8, 4) is 11.9 Å². The number of nitrogens with zero attached hydrogens (tertiary/aromatic N) is 3. The summed E-state index contributed by atoms with van der Waals surface area (Å²) in [6.45, 7) is 0.838. The summed E-state index contributed by atoms with van der Waals surface area (Å²) in [5.74, 6) is 0.402. The Labute approximate surface area is 179 Å². The third-order valence-electron chi connectivity index (χ3n) is 6.96. The van der Waals surface area contributed by atoms with Gasteiger partial charge in [-0.15, -0.1) is 0 Å². The third-order valence-corrected chi connectivity index (χ3v) is 6.96. The van der Waals surface area contributed by atoms with Gasteiger partial charge >= 0.3 is 0 Å². The van der Waals surface area contributed by atoms with Crippen LogP contribution in [0.25, 0.3) is 0 Å². The fourth-order valence-electron chi connectivity index (χ4n) is 5.46. The standard InChI is InChI=1S/C25H31N3O2/c1-29-23-21(17-26)16-20(18-28-23)8-2-4-10-24(22-9-3-7-14-27-22)13-15-30-25(19-24)11-5-6-12-25/h3,7,9,14,16,18H,2,4-6,8,10-13,15,19H2,1H3/t24-/m1/s1. The molecule has 1 saturated heterocycles. The van der Waals surface area contributed by atoms with Crippen molar-refractivity contribution in [2.24, 2.45) is 0 Å². The first-order valence-electron chi connectivity index (χ1n) is 11.2. The summed E-state index contributed by atoms with van der Waals surface area (Å²) in [6.07, 6.45) is 15.1. The van der Waals surface area contributed by atoms with Crippen LogP contribution in [0.3, 0.4) is 0 Å². The van der Waals surface area contributed by atoms with E-state index in [1.54, 1.807) is 7.11 Å². The summed E-state index contributed by atoms with van der Waals surface area (Å²) >= 11 is 0. The van der Waals surface area contributed by atoms with Crippen LogP contribution >= 0.6 is 0 Å². The molecular formula is C25H31N3O2. The number of hydrogen-bond acceptors (Lipinski definition) is 5. The zero-order valence-corrected chi connectivity index (χ0v) is 17.9. The molecular weight excluding hydrogens is 374 g/mol. The molecule has 1 aliphatic heterocycles. The van der Waals surface area contributed by atoms with E-state index in [2.05, 4.69) is 23.2 Å². The van der Waals surface area contributed by atoms with Crippen LogP contribution in [0, 0.1) is 11.3 Å². The highest BCUT2D eigenvalue weighted by molar-refractivity contribution is 5.40. The molecule has 5 nitrogen and oxygen atoms in total. The number of aromatic nitrogens is 2. The van der Waals surface area contributed by atoms with Gasteiger partial charge in [-0.25, -0.2) is 4.98 Å². The van der Waals surface area contributed by atoms with E-state index in [4.69, 9.17) is 14.5 Å². The van der Waals surface area contributed by atoms with Gasteiger partial charge in [-0.1, -0.05) is 25.3 Å². The van der Waals surface area contributed by atoms with Crippen LogP contribution in [0.15, 0.2) is 36.7 Å². The highest BCUT2D eigenvalue weighted by Gasteiger charge is 2.48. The van der Waals surface area contributed by atoms with Crippen molar-refractivity contribution >= 4 is 0 Å². The van der Waals surface area contributed by atoms with Crippen molar-refractivity contribution in [1.82, 2.24) is 9.97 Å². The lowest BCUT2D eigenvalue weighted by molar-refractivity contribution is -0.104. The lowest BCUT2D eigenvalue weighted by atomic mass is 9.67. The van der Waals surface area contributed by atoms with Gasteiger partial charge in [0.1, 0.15) is 11.6 Å². The predicted octanol–water partition coefficient (Wildman–Crippen LogP) is 5.13. The third kappa shape index (κ3) is 4.34. The van der Waals surface area contributed by atoms with Crippen LogP contribution in [0.1, 0.15) is 74.6 Å². The van der Waals surface area contributed by atoms with Crippen LogP contribution in [-0.2, 0) is 16.6 Å².